The van der Waals surface area contributed by atoms with Crippen molar-refractivity contribution in [2.75, 3.05) is 29.3 Å². The number of hydrogen-bond acceptors (Lipinski definition) is 8. The summed E-state index contributed by atoms with van der Waals surface area (Å²) in [5.74, 6) is 1.43. The first kappa shape index (κ1) is 31.4. The fraction of sp³-hybridized carbons (Fsp3) is 0.310. The Hall–Kier alpha value is -3.55. The molecule has 1 aliphatic rings. The quantitative estimate of drug-likeness (QED) is 0.175. The lowest BCUT2D eigenvalue weighted by Gasteiger charge is -2.22. The molecule has 13 heteroatoms. The van der Waals surface area contributed by atoms with E-state index in [1.807, 2.05) is 25.3 Å². The van der Waals surface area contributed by atoms with Gasteiger partial charge in [-0.05, 0) is 79.4 Å². The Bertz CT molecular complexity index is 1480. The van der Waals surface area contributed by atoms with Crippen LogP contribution in [0.1, 0.15) is 30.0 Å². The van der Waals surface area contributed by atoms with Crippen molar-refractivity contribution in [1.29, 1.82) is 0 Å². The number of carboxylic acids is 1. The van der Waals surface area contributed by atoms with Gasteiger partial charge in [-0.25, -0.2) is 13.2 Å². The largest absolute Gasteiger partial charge is 0.481 e. The molecule has 2 amide bonds. The number of carboxylic acid groups (broad SMARTS) is 1. The van der Waals surface area contributed by atoms with Crippen molar-refractivity contribution in [2.45, 2.75) is 41.6 Å². The van der Waals surface area contributed by atoms with Crippen molar-refractivity contribution in [3.05, 3.63) is 77.9 Å². The number of thioether (sulfide) groups is 2. The average molecular weight is 632 g/mol. The average Bonchev–Trinajstić information content (AvgIpc) is 3.43. The number of aryl methyl sites for hydroxylation is 1. The third kappa shape index (κ3) is 8.97. The normalized spacial score (nSPS) is 13.7. The van der Waals surface area contributed by atoms with Crippen molar-refractivity contribution in [2.24, 2.45) is 0 Å². The second kappa shape index (κ2) is 14.6. The predicted octanol–water partition coefficient (Wildman–Crippen LogP) is 5.25. The summed E-state index contributed by atoms with van der Waals surface area (Å²) in [6.45, 7) is 1.99. The molecule has 0 saturated heterocycles. The van der Waals surface area contributed by atoms with Crippen LogP contribution in [0.15, 0.2) is 76.5 Å². The van der Waals surface area contributed by atoms with E-state index in [0.29, 0.717) is 34.9 Å². The van der Waals surface area contributed by atoms with Crippen LogP contribution in [0.5, 0.6) is 11.5 Å². The summed E-state index contributed by atoms with van der Waals surface area (Å²) in [6.07, 6.45) is 2.41. The molecule has 2 atom stereocenters. The molecule has 224 valence electrons. The molecule has 1 heterocycles. The number of hydrogen-bond donors (Lipinski definition) is 4. The summed E-state index contributed by atoms with van der Waals surface area (Å²) >= 11 is 3.20. The Labute approximate surface area is 254 Å². The molecule has 0 aliphatic carbocycles. The zero-order chi connectivity index (χ0) is 30.1. The van der Waals surface area contributed by atoms with Gasteiger partial charge in [0.1, 0.15) is 0 Å². The number of urea groups is 1. The Morgan fingerprint density at radius 2 is 1.69 bits per heavy atom. The molecular weight excluding hydrogens is 599 g/mol. The number of carbonyl (C=O) groups excluding carboxylic acids is 1. The van der Waals surface area contributed by atoms with Gasteiger partial charge in [-0.3, -0.25) is 9.52 Å². The van der Waals surface area contributed by atoms with Crippen molar-refractivity contribution < 1.29 is 32.6 Å². The molecule has 0 saturated carbocycles. The summed E-state index contributed by atoms with van der Waals surface area (Å²) in [5.41, 5.74) is 2.03. The maximum Gasteiger partial charge on any atom is 0.315 e. The first-order valence-corrected chi connectivity index (χ1v) is 17.0. The number of rotatable bonds is 14. The van der Waals surface area contributed by atoms with Crippen LogP contribution in [0, 0.1) is 6.92 Å². The Morgan fingerprint density at radius 1 is 0.976 bits per heavy atom. The van der Waals surface area contributed by atoms with Crippen LogP contribution >= 0.6 is 23.5 Å². The first-order valence-electron chi connectivity index (χ1n) is 13.1. The number of benzene rings is 3. The van der Waals surface area contributed by atoms with E-state index in [2.05, 4.69) is 15.4 Å². The highest BCUT2D eigenvalue weighted by atomic mass is 32.2. The number of sulfonamides is 1. The van der Waals surface area contributed by atoms with Crippen molar-refractivity contribution in [1.82, 2.24) is 10.6 Å². The van der Waals surface area contributed by atoms with Crippen molar-refractivity contribution in [3.8, 4) is 11.5 Å². The third-order valence-electron chi connectivity index (χ3n) is 6.38. The molecular formula is C29H33N3O7S3. The minimum absolute atomic E-state index is 0.0941. The Balaban J connectivity index is 1.35. The lowest BCUT2D eigenvalue weighted by molar-refractivity contribution is -0.137. The van der Waals surface area contributed by atoms with Gasteiger partial charge in [0.15, 0.2) is 11.5 Å². The second-order valence-electron chi connectivity index (χ2n) is 9.61. The number of anilines is 1. The second-order valence-corrected chi connectivity index (χ2v) is 13.4. The lowest BCUT2D eigenvalue weighted by Crippen LogP contribution is -2.45. The van der Waals surface area contributed by atoms with Gasteiger partial charge < -0.3 is 25.2 Å². The van der Waals surface area contributed by atoms with E-state index in [9.17, 15) is 23.1 Å². The van der Waals surface area contributed by atoms with Gasteiger partial charge in [0, 0.05) is 22.4 Å². The third-order valence-corrected chi connectivity index (χ3v) is 9.59. The van der Waals surface area contributed by atoms with Crippen LogP contribution in [0.2, 0.25) is 0 Å². The highest BCUT2D eigenvalue weighted by Crippen LogP contribution is 2.35. The number of fused-ring (bicyclic) bond motifs is 1. The first-order chi connectivity index (χ1) is 20.1. The highest BCUT2D eigenvalue weighted by Gasteiger charge is 2.23. The van der Waals surface area contributed by atoms with E-state index in [0.717, 1.165) is 16.2 Å². The van der Waals surface area contributed by atoms with Gasteiger partial charge in [-0.2, -0.15) is 11.8 Å². The minimum atomic E-state index is -3.70. The van der Waals surface area contributed by atoms with Crippen LogP contribution < -0.4 is 24.8 Å². The van der Waals surface area contributed by atoms with Crippen molar-refractivity contribution in [3.63, 3.8) is 0 Å². The van der Waals surface area contributed by atoms with Gasteiger partial charge in [-0.15, -0.1) is 11.8 Å². The van der Waals surface area contributed by atoms with Gasteiger partial charge in [0.2, 0.25) is 6.79 Å². The van der Waals surface area contributed by atoms with E-state index >= 15 is 0 Å². The lowest BCUT2D eigenvalue weighted by atomic mass is 10.0. The van der Waals surface area contributed by atoms with Crippen LogP contribution in [0.4, 0.5) is 10.5 Å². The van der Waals surface area contributed by atoms with Crippen LogP contribution in [-0.2, 0) is 14.8 Å². The van der Waals surface area contributed by atoms with E-state index in [-0.39, 0.29) is 24.2 Å². The molecule has 0 aromatic heterocycles. The van der Waals surface area contributed by atoms with Gasteiger partial charge in [0.25, 0.3) is 10.0 Å². The molecule has 4 rings (SSSR count). The Kier molecular flexibility index (Phi) is 10.9. The van der Waals surface area contributed by atoms with Gasteiger partial charge >= 0.3 is 12.0 Å². The smallest absolute Gasteiger partial charge is 0.315 e. The number of ether oxygens (including phenoxy) is 2. The van der Waals surface area contributed by atoms with Crippen LogP contribution in [0.25, 0.3) is 0 Å². The van der Waals surface area contributed by atoms with E-state index in [1.165, 1.54) is 11.8 Å². The summed E-state index contributed by atoms with van der Waals surface area (Å²) in [4.78, 5) is 25.6. The fourth-order valence-corrected chi connectivity index (χ4v) is 6.70. The minimum Gasteiger partial charge on any atom is -0.481 e. The maximum absolute atomic E-state index is 13.0. The summed E-state index contributed by atoms with van der Waals surface area (Å²) in [7, 11) is -3.70. The zero-order valence-electron chi connectivity index (χ0n) is 23.2. The molecule has 3 aromatic carbocycles. The van der Waals surface area contributed by atoms with Crippen molar-refractivity contribution >= 4 is 51.2 Å². The molecule has 0 spiro atoms. The molecule has 42 heavy (non-hydrogen) atoms. The molecule has 4 N–H and O–H groups in total. The number of carbonyl (C=O) groups is 2. The zero-order valence-corrected chi connectivity index (χ0v) is 25.6. The SMILES string of the molecule is CSCC[C@@H](CSc1ccc(NS(=O)(=O)c2ccc(C)cc2)cc1)NC(=O)N[C@@H](CC(=O)O)c1ccc2c(c1)OCO2. The molecule has 3 aromatic rings. The van der Waals surface area contributed by atoms with E-state index in [4.69, 9.17) is 9.47 Å². The predicted molar refractivity (Wildman–Crippen MR) is 165 cm³/mol. The monoisotopic (exact) mass is 631 g/mol. The molecule has 10 nitrogen and oxygen atoms in total. The Morgan fingerprint density at radius 3 is 2.38 bits per heavy atom. The summed E-state index contributed by atoms with van der Waals surface area (Å²) in [6, 6.07) is 17.4. The van der Waals surface area contributed by atoms with Gasteiger partial charge in [0.05, 0.1) is 17.4 Å². The number of amides is 2. The fourth-order valence-electron chi connectivity index (χ4n) is 4.15. The summed E-state index contributed by atoms with van der Waals surface area (Å²) in [5, 5.41) is 15.2. The maximum atomic E-state index is 13.0. The molecule has 0 radical (unpaired) electrons. The number of aliphatic carboxylic acids is 1. The highest BCUT2D eigenvalue weighted by molar-refractivity contribution is 7.99. The van der Waals surface area contributed by atoms with Crippen LogP contribution in [-0.4, -0.2) is 56.1 Å². The van der Waals surface area contributed by atoms with E-state index in [1.54, 1.807) is 66.4 Å². The van der Waals surface area contributed by atoms with E-state index < -0.39 is 28.1 Å². The standard InChI is InChI=1S/C29H33N3O7S3/c1-19-3-10-24(11-4-19)42(36,37)32-21-6-8-23(9-7-21)41-17-22(13-14-40-2)30-29(35)31-25(16-28(33)34)20-5-12-26-27(15-20)39-18-38-26/h3-12,15,22,25,32H,13-14,16-18H2,1-2H3,(H,33,34)(H2,30,31,35)/t22-,25-/m0/s1. The molecule has 0 unspecified atom stereocenters. The summed E-state index contributed by atoms with van der Waals surface area (Å²) < 4.78 is 38.7. The topological polar surface area (TPSA) is 143 Å². The molecule has 0 fully saturated rings. The van der Waals surface area contributed by atoms with Crippen LogP contribution in [0.3, 0.4) is 0 Å². The number of nitrogens with one attached hydrogen (secondary N) is 3. The van der Waals surface area contributed by atoms with Gasteiger partial charge in [-0.1, -0.05) is 23.8 Å². The molecule has 0 bridgehead atoms. The molecule has 1 aliphatic heterocycles.